The van der Waals surface area contributed by atoms with Crippen LogP contribution in [0, 0.1) is 11.3 Å². The number of fused-ring (bicyclic) bond motifs is 1. The molecule has 1 saturated carbocycles. The van der Waals surface area contributed by atoms with E-state index >= 15 is 0 Å². The van der Waals surface area contributed by atoms with Crippen LogP contribution in [-0.2, 0) is 4.79 Å². The van der Waals surface area contributed by atoms with Gasteiger partial charge in [-0.1, -0.05) is 30.7 Å². The minimum atomic E-state index is -0.420. The number of hydrogen-bond donors (Lipinski definition) is 1. The minimum Gasteiger partial charge on any atom is -0.392 e. The Morgan fingerprint density at radius 1 is 1.36 bits per heavy atom. The van der Waals surface area contributed by atoms with E-state index in [-0.39, 0.29) is 17.1 Å². The van der Waals surface area contributed by atoms with Gasteiger partial charge in [-0.25, -0.2) is 0 Å². The van der Waals surface area contributed by atoms with E-state index in [0.29, 0.717) is 6.42 Å². The Labute approximate surface area is 154 Å². The van der Waals surface area contributed by atoms with E-state index in [2.05, 4.69) is 44.0 Å². The second-order valence-electron chi connectivity index (χ2n) is 7.07. The normalized spacial score (nSPS) is 30.8. The SMILES string of the molecule is C=CC[C@@]12C(=CC(=O)/C(=C/c3ccc(SC)cc3)[C@@H]1C)CCC[C@@H]2O. The first-order valence-electron chi connectivity index (χ1n) is 8.93. The first kappa shape index (κ1) is 18.2. The van der Waals surface area contributed by atoms with Crippen molar-refractivity contribution in [2.75, 3.05) is 6.26 Å². The van der Waals surface area contributed by atoms with E-state index in [9.17, 15) is 9.90 Å². The molecule has 0 spiro atoms. The lowest BCUT2D eigenvalue weighted by Gasteiger charge is -2.50. The van der Waals surface area contributed by atoms with Gasteiger partial charge >= 0.3 is 0 Å². The van der Waals surface area contributed by atoms with Gasteiger partial charge in [0.05, 0.1) is 6.10 Å². The molecule has 132 valence electrons. The summed E-state index contributed by atoms with van der Waals surface area (Å²) in [6.45, 7) is 6.00. The molecule has 2 aliphatic carbocycles. The predicted octanol–water partition coefficient (Wildman–Crippen LogP) is 5.04. The Hall–Kier alpha value is -1.58. The summed E-state index contributed by atoms with van der Waals surface area (Å²) >= 11 is 1.70. The van der Waals surface area contributed by atoms with Crippen molar-refractivity contribution in [2.24, 2.45) is 11.3 Å². The quantitative estimate of drug-likeness (QED) is 0.467. The number of benzene rings is 1. The zero-order valence-electron chi connectivity index (χ0n) is 15.0. The van der Waals surface area contributed by atoms with Crippen LogP contribution >= 0.6 is 11.8 Å². The van der Waals surface area contributed by atoms with Crippen LogP contribution < -0.4 is 0 Å². The molecule has 1 aromatic carbocycles. The molecule has 0 saturated heterocycles. The van der Waals surface area contributed by atoms with Crippen molar-refractivity contribution in [2.45, 2.75) is 43.6 Å². The number of carbonyl (C=O) groups excluding carboxylic acids is 1. The maximum absolute atomic E-state index is 12.8. The van der Waals surface area contributed by atoms with Gasteiger partial charge in [-0.3, -0.25) is 4.79 Å². The maximum atomic E-state index is 12.8. The number of rotatable bonds is 4. The summed E-state index contributed by atoms with van der Waals surface area (Å²) in [6.07, 6.45) is 10.6. The van der Waals surface area contributed by atoms with Crippen molar-refractivity contribution >= 4 is 23.6 Å². The molecule has 0 aromatic heterocycles. The molecule has 2 nitrogen and oxygen atoms in total. The van der Waals surface area contributed by atoms with E-state index in [1.54, 1.807) is 17.8 Å². The Kier molecular flexibility index (Phi) is 5.35. The monoisotopic (exact) mass is 354 g/mol. The highest BCUT2D eigenvalue weighted by Gasteiger charge is 2.50. The number of carbonyl (C=O) groups is 1. The molecule has 0 bridgehead atoms. The Morgan fingerprint density at radius 2 is 2.08 bits per heavy atom. The first-order chi connectivity index (χ1) is 12.0. The molecular weight excluding hydrogens is 328 g/mol. The van der Waals surface area contributed by atoms with Crippen LogP contribution in [0.2, 0.25) is 0 Å². The molecule has 1 aromatic rings. The van der Waals surface area contributed by atoms with Crippen molar-refractivity contribution < 1.29 is 9.90 Å². The molecule has 0 radical (unpaired) electrons. The average molecular weight is 355 g/mol. The summed E-state index contributed by atoms with van der Waals surface area (Å²) in [4.78, 5) is 14.0. The van der Waals surface area contributed by atoms with Crippen LogP contribution in [0.4, 0.5) is 0 Å². The summed E-state index contributed by atoms with van der Waals surface area (Å²) in [5.41, 5.74) is 2.56. The third-order valence-electron chi connectivity index (χ3n) is 5.87. The predicted molar refractivity (Wildman–Crippen MR) is 106 cm³/mol. The molecule has 1 fully saturated rings. The van der Waals surface area contributed by atoms with Crippen LogP contribution in [0.15, 0.2) is 59.0 Å². The molecule has 3 atom stereocenters. The summed E-state index contributed by atoms with van der Waals surface area (Å²) in [5, 5.41) is 10.9. The van der Waals surface area contributed by atoms with Crippen molar-refractivity contribution in [1.29, 1.82) is 0 Å². The smallest absolute Gasteiger partial charge is 0.182 e. The van der Waals surface area contributed by atoms with Crippen molar-refractivity contribution in [3.63, 3.8) is 0 Å². The van der Waals surface area contributed by atoms with Gasteiger partial charge < -0.3 is 5.11 Å². The lowest BCUT2D eigenvalue weighted by molar-refractivity contribution is -0.113. The molecule has 25 heavy (non-hydrogen) atoms. The number of aliphatic hydroxyl groups excluding tert-OH is 1. The summed E-state index contributed by atoms with van der Waals surface area (Å²) in [7, 11) is 0. The highest BCUT2D eigenvalue weighted by atomic mass is 32.2. The first-order valence-corrected chi connectivity index (χ1v) is 10.2. The fraction of sp³-hybridized carbons (Fsp3) is 0.409. The van der Waals surface area contributed by atoms with Gasteiger partial charge in [0.25, 0.3) is 0 Å². The van der Waals surface area contributed by atoms with E-state index in [1.165, 1.54) is 4.90 Å². The third-order valence-corrected chi connectivity index (χ3v) is 6.61. The molecule has 0 aliphatic heterocycles. The number of hydrogen-bond acceptors (Lipinski definition) is 3. The standard InChI is InChI=1S/C22H26O2S/c1-4-12-22-15(2)19(13-16-8-10-18(25-3)11-9-16)20(23)14-17(22)6-5-7-21(22)24/h4,8-11,13-15,21,24H,1,5-7,12H2,2-3H3/b19-13+/t15-,21-,22-/m0/s1. The van der Waals surface area contributed by atoms with Crippen molar-refractivity contribution in [3.8, 4) is 0 Å². The van der Waals surface area contributed by atoms with Gasteiger partial charge in [-0.05, 0) is 67.7 Å². The van der Waals surface area contributed by atoms with E-state index < -0.39 is 6.10 Å². The van der Waals surface area contributed by atoms with Gasteiger partial charge in [0.15, 0.2) is 5.78 Å². The van der Waals surface area contributed by atoms with Crippen LogP contribution in [0.25, 0.3) is 6.08 Å². The summed E-state index contributed by atoms with van der Waals surface area (Å²) in [5.74, 6) is 0.0683. The number of ketones is 1. The number of allylic oxidation sites excluding steroid dienone is 3. The van der Waals surface area contributed by atoms with Crippen molar-refractivity contribution in [1.82, 2.24) is 0 Å². The number of thioether (sulfide) groups is 1. The lowest BCUT2D eigenvalue weighted by atomic mass is 9.55. The maximum Gasteiger partial charge on any atom is 0.182 e. The molecule has 0 unspecified atom stereocenters. The zero-order valence-corrected chi connectivity index (χ0v) is 15.8. The van der Waals surface area contributed by atoms with Gasteiger partial charge in [0, 0.05) is 15.9 Å². The van der Waals surface area contributed by atoms with Crippen LogP contribution in [-0.4, -0.2) is 23.2 Å². The highest BCUT2D eigenvalue weighted by molar-refractivity contribution is 7.98. The van der Waals surface area contributed by atoms with Gasteiger partial charge in [0.2, 0.25) is 0 Å². The van der Waals surface area contributed by atoms with Gasteiger partial charge in [-0.2, -0.15) is 0 Å². The second-order valence-corrected chi connectivity index (χ2v) is 7.95. The molecule has 3 heteroatoms. The summed E-state index contributed by atoms with van der Waals surface area (Å²) < 4.78 is 0. The van der Waals surface area contributed by atoms with Crippen LogP contribution in [0.3, 0.4) is 0 Å². The fourth-order valence-electron chi connectivity index (χ4n) is 4.45. The fourth-order valence-corrected chi connectivity index (χ4v) is 4.86. The molecular formula is C22H26O2S. The topological polar surface area (TPSA) is 37.3 Å². The van der Waals surface area contributed by atoms with E-state index in [0.717, 1.165) is 36.0 Å². The molecule has 3 rings (SSSR count). The van der Waals surface area contributed by atoms with Crippen LogP contribution in [0.5, 0.6) is 0 Å². The average Bonchev–Trinajstić information content (AvgIpc) is 2.61. The summed E-state index contributed by atoms with van der Waals surface area (Å²) in [6, 6.07) is 8.25. The molecule has 1 N–H and O–H groups in total. The zero-order chi connectivity index (χ0) is 18.0. The largest absolute Gasteiger partial charge is 0.392 e. The number of aliphatic hydroxyl groups is 1. The third kappa shape index (κ3) is 3.16. The lowest BCUT2D eigenvalue weighted by Crippen LogP contribution is -2.48. The van der Waals surface area contributed by atoms with Gasteiger partial charge in [0.1, 0.15) is 0 Å². The van der Waals surface area contributed by atoms with E-state index in [4.69, 9.17) is 0 Å². The Bertz CT molecular complexity index is 729. The van der Waals surface area contributed by atoms with Crippen molar-refractivity contribution in [3.05, 3.63) is 59.7 Å². The van der Waals surface area contributed by atoms with Gasteiger partial charge in [-0.15, -0.1) is 18.3 Å². The molecule has 0 amide bonds. The second kappa shape index (κ2) is 7.35. The minimum absolute atomic E-state index is 0.0199. The Balaban J connectivity index is 2.05. The van der Waals surface area contributed by atoms with Crippen LogP contribution in [0.1, 0.15) is 38.2 Å². The molecule has 2 aliphatic rings. The van der Waals surface area contributed by atoms with E-state index in [1.807, 2.05) is 12.2 Å². The Morgan fingerprint density at radius 3 is 2.72 bits per heavy atom. The highest BCUT2D eigenvalue weighted by Crippen LogP contribution is 2.54. The molecule has 0 heterocycles.